The van der Waals surface area contributed by atoms with Crippen LogP contribution in [0.2, 0.25) is 5.02 Å². The van der Waals surface area contributed by atoms with Crippen LogP contribution in [0, 0.1) is 10.1 Å². The number of nitrogens with one attached hydrogen (secondary N) is 1. The molecule has 0 saturated carbocycles. The first kappa shape index (κ1) is 14.0. The van der Waals surface area contributed by atoms with E-state index in [4.69, 9.17) is 11.6 Å². The molecule has 2 rings (SSSR count). The maximum atomic E-state index is 10.5. The van der Waals surface area contributed by atoms with Crippen molar-refractivity contribution in [2.45, 2.75) is 0 Å². The lowest BCUT2D eigenvalue weighted by Crippen LogP contribution is -1.89. The van der Waals surface area contributed by atoms with Crippen molar-refractivity contribution in [2.24, 2.45) is 5.10 Å². The van der Waals surface area contributed by atoms with Crippen molar-refractivity contribution in [1.29, 1.82) is 0 Å². The van der Waals surface area contributed by atoms with Crippen LogP contribution in [0.15, 0.2) is 39.2 Å². The molecular formula is C11H7BrClN3O2S. The lowest BCUT2D eigenvalue weighted by Gasteiger charge is -2.01. The quantitative estimate of drug-likeness (QED) is 0.495. The SMILES string of the molecule is O=[N+]([O-])c1cc(C=NNc2ccc(Br)c(Cl)c2)cs1. The van der Waals surface area contributed by atoms with Gasteiger partial charge in [0.2, 0.25) is 0 Å². The van der Waals surface area contributed by atoms with Crippen molar-refractivity contribution in [3.63, 3.8) is 0 Å². The third-order valence-electron chi connectivity index (χ3n) is 2.11. The first-order valence-corrected chi connectivity index (χ1v) is 7.08. The molecule has 0 aliphatic rings. The summed E-state index contributed by atoms with van der Waals surface area (Å²) in [6.45, 7) is 0. The number of thiophene rings is 1. The maximum absolute atomic E-state index is 10.5. The van der Waals surface area contributed by atoms with Crippen molar-refractivity contribution in [1.82, 2.24) is 0 Å². The maximum Gasteiger partial charge on any atom is 0.324 e. The van der Waals surface area contributed by atoms with Gasteiger partial charge in [0, 0.05) is 21.5 Å². The smallest absolute Gasteiger partial charge is 0.278 e. The van der Waals surface area contributed by atoms with Gasteiger partial charge in [-0.05, 0) is 34.1 Å². The molecule has 98 valence electrons. The zero-order valence-electron chi connectivity index (χ0n) is 9.34. The van der Waals surface area contributed by atoms with Gasteiger partial charge in [-0.15, -0.1) is 0 Å². The molecule has 0 amide bonds. The standard InChI is InChI=1S/C11H7BrClN3O2S/c12-9-2-1-8(4-10(9)13)15-14-5-7-3-11(16(17)18)19-6-7/h1-6,15H. The van der Waals surface area contributed by atoms with Crippen LogP contribution in [0.4, 0.5) is 10.7 Å². The first-order chi connectivity index (χ1) is 9.06. The Morgan fingerprint density at radius 1 is 1.47 bits per heavy atom. The van der Waals surface area contributed by atoms with Gasteiger partial charge in [-0.1, -0.05) is 22.9 Å². The van der Waals surface area contributed by atoms with E-state index in [1.165, 1.54) is 12.3 Å². The lowest BCUT2D eigenvalue weighted by atomic mass is 10.3. The van der Waals surface area contributed by atoms with E-state index < -0.39 is 4.92 Å². The molecule has 8 heteroatoms. The van der Waals surface area contributed by atoms with Gasteiger partial charge in [0.05, 0.1) is 21.8 Å². The number of hydrogen-bond donors (Lipinski definition) is 1. The second-order valence-corrected chi connectivity index (χ2v) is 5.63. The number of halogens is 2. The fourth-order valence-electron chi connectivity index (χ4n) is 1.25. The molecule has 1 N–H and O–H groups in total. The molecular weight excluding hydrogens is 354 g/mol. The fourth-order valence-corrected chi connectivity index (χ4v) is 2.35. The van der Waals surface area contributed by atoms with E-state index in [9.17, 15) is 10.1 Å². The summed E-state index contributed by atoms with van der Waals surface area (Å²) in [7, 11) is 0. The van der Waals surface area contributed by atoms with Crippen molar-refractivity contribution in [3.05, 3.63) is 54.8 Å². The fraction of sp³-hybridized carbons (Fsp3) is 0. The van der Waals surface area contributed by atoms with E-state index in [0.717, 1.165) is 21.5 Å². The van der Waals surface area contributed by atoms with E-state index in [0.29, 0.717) is 10.6 Å². The summed E-state index contributed by atoms with van der Waals surface area (Å²) in [4.78, 5) is 10.1. The third kappa shape index (κ3) is 3.76. The highest BCUT2D eigenvalue weighted by Gasteiger charge is 2.07. The topological polar surface area (TPSA) is 67.5 Å². The van der Waals surface area contributed by atoms with E-state index in [2.05, 4.69) is 26.5 Å². The summed E-state index contributed by atoms with van der Waals surface area (Å²) < 4.78 is 0.803. The van der Waals surface area contributed by atoms with Gasteiger partial charge >= 0.3 is 5.00 Å². The molecule has 0 radical (unpaired) electrons. The van der Waals surface area contributed by atoms with E-state index in [1.54, 1.807) is 17.5 Å². The molecule has 0 aliphatic carbocycles. The van der Waals surface area contributed by atoms with Crippen LogP contribution in [-0.4, -0.2) is 11.1 Å². The minimum absolute atomic E-state index is 0.0909. The summed E-state index contributed by atoms with van der Waals surface area (Å²) in [5, 5.41) is 16.8. The van der Waals surface area contributed by atoms with Crippen LogP contribution < -0.4 is 5.43 Å². The summed E-state index contributed by atoms with van der Waals surface area (Å²) >= 11 is 10.3. The Morgan fingerprint density at radius 3 is 2.89 bits per heavy atom. The number of nitro groups is 1. The van der Waals surface area contributed by atoms with Gasteiger partial charge in [0.1, 0.15) is 0 Å². The largest absolute Gasteiger partial charge is 0.324 e. The number of benzene rings is 1. The van der Waals surface area contributed by atoms with Gasteiger partial charge in [0.25, 0.3) is 0 Å². The lowest BCUT2D eigenvalue weighted by molar-refractivity contribution is -0.380. The zero-order chi connectivity index (χ0) is 13.8. The molecule has 0 atom stereocenters. The van der Waals surface area contributed by atoms with Crippen LogP contribution in [-0.2, 0) is 0 Å². The molecule has 1 heterocycles. The Labute approximate surface area is 126 Å². The number of rotatable bonds is 4. The number of anilines is 1. The van der Waals surface area contributed by atoms with Crippen molar-refractivity contribution < 1.29 is 4.92 Å². The van der Waals surface area contributed by atoms with Crippen molar-refractivity contribution in [3.8, 4) is 0 Å². The van der Waals surface area contributed by atoms with E-state index in [-0.39, 0.29) is 5.00 Å². The molecule has 0 fully saturated rings. The molecule has 0 spiro atoms. The summed E-state index contributed by atoms with van der Waals surface area (Å²) in [5.74, 6) is 0. The normalized spacial score (nSPS) is 10.8. The number of hydrogen-bond acceptors (Lipinski definition) is 5. The highest BCUT2D eigenvalue weighted by Crippen LogP contribution is 2.25. The van der Waals surface area contributed by atoms with Gasteiger partial charge in [-0.3, -0.25) is 15.5 Å². The Bertz CT molecular complexity index is 645. The predicted octanol–water partition coefficient (Wildman–Crippen LogP) is 4.52. The van der Waals surface area contributed by atoms with Gasteiger partial charge in [-0.2, -0.15) is 5.10 Å². The Balaban J connectivity index is 2.02. The summed E-state index contributed by atoms with van der Waals surface area (Å²) in [6, 6.07) is 6.79. The highest BCUT2D eigenvalue weighted by atomic mass is 79.9. The van der Waals surface area contributed by atoms with Crippen molar-refractivity contribution in [2.75, 3.05) is 5.43 Å². The van der Waals surface area contributed by atoms with Crippen LogP contribution in [0.25, 0.3) is 0 Å². The Morgan fingerprint density at radius 2 is 2.26 bits per heavy atom. The Kier molecular flexibility index (Phi) is 4.52. The number of nitrogens with zero attached hydrogens (tertiary/aromatic N) is 2. The van der Waals surface area contributed by atoms with Crippen LogP contribution in [0.5, 0.6) is 0 Å². The van der Waals surface area contributed by atoms with E-state index in [1.807, 2.05) is 6.07 Å². The second-order valence-electron chi connectivity index (χ2n) is 3.47. The minimum Gasteiger partial charge on any atom is -0.278 e. The molecule has 1 aromatic heterocycles. The van der Waals surface area contributed by atoms with Gasteiger partial charge < -0.3 is 0 Å². The molecule has 5 nitrogen and oxygen atoms in total. The molecule has 2 aromatic rings. The molecule has 0 unspecified atom stereocenters. The third-order valence-corrected chi connectivity index (χ3v) is 4.24. The highest BCUT2D eigenvalue weighted by molar-refractivity contribution is 9.10. The average Bonchev–Trinajstić information content (AvgIpc) is 2.83. The average molecular weight is 361 g/mol. The monoisotopic (exact) mass is 359 g/mol. The molecule has 0 saturated heterocycles. The van der Waals surface area contributed by atoms with Crippen LogP contribution in [0.1, 0.15) is 5.56 Å². The summed E-state index contributed by atoms with van der Waals surface area (Å²) in [6.07, 6.45) is 1.51. The molecule has 0 bridgehead atoms. The van der Waals surface area contributed by atoms with Crippen LogP contribution in [0.3, 0.4) is 0 Å². The van der Waals surface area contributed by atoms with Gasteiger partial charge in [0.15, 0.2) is 0 Å². The van der Waals surface area contributed by atoms with E-state index >= 15 is 0 Å². The Hall–Kier alpha value is -1.44. The molecule has 0 aliphatic heterocycles. The molecule has 19 heavy (non-hydrogen) atoms. The second kappa shape index (κ2) is 6.14. The van der Waals surface area contributed by atoms with Gasteiger partial charge in [-0.25, -0.2) is 0 Å². The predicted molar refractivity (Wildman–Crippen MR) is 81.3 cm³/mol. The van der Waals surface area contributed by atoms with Crippen LogP contribution >= 0.6 is 38.9 Å². The summed E-state index contributed by atoms with van der Waals surface area (Å²) in [5.41, 5.74) is 4.20. The number of hydrazone groups is 1. The zero-order valence-corrected chi connectivity index (χ0v) is 12.5. The molecule has 1 aromatic carbocycles. The first-order valence-electron chi connectivity index (χ1n) is 5.03. The minimum atomic E-state index is -0.427. The van der Waals surface area contributed by atoms with Crippen molar-refractivity contribution >= 4 is 55.8 Å².